The maximum Gasteiger partial charge on any atom is 0.0897 e. The lowest BCUT2D eigenvalue weighted by molar-refractivity contribution is 0.0326. The van der Waals surface area contributed by atoms with Gasteiger partial charge >= 0.3 is 0 Å². The molecule has 3 heteroatoms. The van der Waals surface area contributed by atoms with E-state index in [9.17, 15) is 5.11 Å². The lowest BCUT2D eigenvalue weighted by Crippen LogP contribution is -2.31. The molecule has 2 aliphatic rings. The van der Waals surface area contributed by atoms with Crippen LogP contribution in [-0.2, 0) is 4.74 Å². The van der Waals surface area contributed by atoms with Gasteiger partial charge in [-0.25, -0.2) is 0 Å². The van der Waals surface area contributed by atoms with Crippen LogP contribution in [0.5, 0.6) is 0 Å². The third-order valence-electron chi connectivity index (χ3n) is 3.40. The summed E-state index contributed by atoms with van der Waals surface area (Å²) < 4.78 is 5.43. The molecule has 0 aromatic rings. The lowest BCUT2D eigenvalue weighted by atomic mass is 10.2. The average Bonchev–Trinajstić information content (AvgIpc) is 3.12. The third-order valence-corrected chi connectivity index (χ3v) is 3.40. The Labute approximate surface area is 98.6 Å². The lowest BCUT2D eigenvalue weighted by Gasteiger charge is -2.12. The number of ether oxygens (including phenoxy) is 1. The molecule has 2 saturated carbocycles. The van der Waals surface area contributed by atoms with Gasteiger partial charge in [0.05, 0.1) is 12.7 Å². The second kappa shape index (κ2) is 6.58. The molecule has 0 saturated heterocycles. The SMILES string of the molecule is OC(CNCCCC1CC1)COCC1CC1. The molecule has 16 heavy (non-hydrogen) atoms. The van der Waals surface area contributed by atoms with Gasteiger partial charge in [-0.2, -0.15) is 0 Å². The molecule has 2 rings (SSSR count). The first-order valence-corrected chi connectivity index (χ1v) is 6.81. The van der Waals surface area contributed by atoms with Crippen molar-refractivity contribution in [3.8, 4) is 0 Å². The second-order valence-electron chi connectivity index (χ2n) is 5.42. The number of aliphatic hydroxyl groups excluding tert-OH is 1. The minimum Gasteiger partial charge on any atom is -0.389 e. The second-order valence-corrected chi connectivity index (χ2v) is 5.42. The fraction of sp³-hybridized carbons (Fsp3) is 1.00. The zero-order valence-corrected chi connectivity index (χ0v) is 10.2. The molecule has 0 aliphatic heterocycles. The van der Waals surface area contributed by atoms with Crippen LogP contribution in [-0.4, -0.2) is 37.5 Å². The largest absolute Gasteiger partial charge is 0.389 e. The fourth-order valence-corrected chi connectivity index (χ4v) is 1.91. The Morgan fingerprint density at radius 3 is 2.62 bits per heavy atom. The van der Waals surface area contributed by atoms with Crippen LogP contribution in [0.1, 0.15) is 38.5 Å². The molecule has 0 aromatic heterocycles. The molecule has 0 spiro atoms. The van der Waals surface area contributed by atoms with Gasteiger partial charge in [-0.15, -0.1) is 0 Å². The van der Waals surface area contributed by atoms with E-state index in [-0.39, 0.29) is 6.10 Å². The minimum absolute atomic E-state index is 0.334. The van der Waals surface area contributed by atoms with Crippen molar-refractivity contribution >= 4 is 0 Å². The standard InChI is InChI=1S/C13H25NO2/c15-13(10-16-9-12-5-6-12)8-14-7-1-2-11-3-4-11/h11-15H,1-10H2. The van der Waals surface area contributed by atoms with Gasteiger partial charge < -0.3 is 15.2 Å². The molecule has 94 valence electrons. The van der Waals surface area contributed by atoms with E-state index in [0.717, 1.165) is 25.0 Å². The molecule has 0 bridgehead atoms. The van der Waals surface area contributed by atoms with Crippen LogP contribution in [0.25, 0.3) is 0 Å². The van der Waals surface area contributed by atoms with E-state index in [0.29, 0.717) is 13.2 Å². The Balaban J connectivity index is 1.33. The van der Waals surface area contributed by atoms with Crippen molar-refractivity contribution in [2.45, 2.75) is 44.6 Å². The summed E-state index contributed by atoms with van der Waals surface area (Å²) in [6.45, 7) is 3.05. The zero-order chi connectivity index (χ0) is 11.2. The van der Waals surface area contributed by atoms with E-state index in [1.54, 1.807) is 0 Å². The van der Waals surface area contributed by atoms with Crippen molar-refractivity contribution in [3.63, 3.8) is 0 Å². The fourth-order valence-electron chi connectivity index (χ4n) is 1.91. The molecule has 1 atom stereocenters. The van der Waals surface area contributed by atoms with E-state index in [4.69, 9.17) is 4.74 Å². The summed E-state index contributed by atoms with van der Waals surface area (Å²) in [5.74, 6) is 1.81. The minimum atomic E-state index is -0.334. The van der Waals surface area contributed by atoms with Gasteiger partial charge in [0.1, 0.15) is 0 Å². The summed E-state index contributed by atoms with van der Waals surface area (Å²) in [6.07, 6.45) is 7.79. The van der Waals surface area contributed by atoms with Crippen LogP contribution in [0.3, 0.4) is 0 Å². The predicted molar refractivity (Wildman–Crippen MR) is 64.4 cm³/mol. The van der Waals surface area contributed by atoms with Crippen LogP contribution < -0.4 is 5.32 Å². The molecule has 2 N–H and O–H groups in total. The molecule has 0 radical (unpaired) electrons. The van der Waals surface area contributed by atoms with E-state index in [1.165, 1.54) is 38.5 Å². The summed E-state index contributed by atoms with van der Waals surface area (Å²) in [7, 11) is 0. The molecular weight excluding hydrogens is 202 g/mol. The van der Waals surface area contributed by atoms with Crippen LogP contribution in [0.2, 0.25) is 0 Å². The van der Waals surface area contributed by atoms with Gasteiger partial charge in [0.15, 0.2) is 0 Å². The van der Waals surface area contributed by atoms with Gasteiger partial charge in [0, 0.05) is 13.2 Å². The Kier molecular flexibility index (Phi) is 5.07. The smallest absolute Gasteiger partial charge is 0.0897 e. The summed E-state index contributed by atoms with van der Waals surface area (Å²) in [5.41, 5.74) is 0. The Bertz CT molecular complexity index is 190. The van der Waals surface area contributed by atoms with Crippen molar-refractivity contribution in [1.29, 1.82) is 0 Å². The first kappa shape index (κ1) is 12.3. The van der Waals surface area contributed by atoms with Crippen LogP contribution in [0.4, 0.5) is 0 Å². The Morgan fingerprint density at radius 2 is 1.94 bits per heavy atom. The van der Waals surface area contributed by atoms with Crippen LogP contribution >= 0.6 is 0 Å². The Hall–Kier alpha value is -0.120. The summed E-state index contributed by atoms with van der Waals surface area (Å²) in [4.78, 5) is 0. The first-order valence-electron chi connectivity index (χ1n) is 6.81. The van der Waals surface area contributed by atoms with Crippen molar-refractivity contribution < 1.29 is 9.84 Å². The summed E-state index contributed by atoms with van der Waals surface area (Å²) >= 11 is 0. The molecule has 3 nitrogen and oxygen atoms in total. The number of nitrogens with one attached hydrogen (secondary N) is 1. The predicted octanol–water partition coefficient (Wildman–Crippen LogP) is 1.55. The molecule has 2 fully saturated rings. The van der Waals surface area contributed by atoms with Gasteiger partial charge in [-0.3, -0.25) is 0 Å². The maximum atomic E-state index is 9.62. The van der Waals surface area contributed by atoms with Crippen molar-refractivity contribution in [2.24, 2.45) is 11.8 Å². The number of rotatable bonds is 10. The molecule has 0 amide bonds. The highest BCUT2D eigenvalue weighted by molar-refractivity contribution is 4.73. The van der Waals surface area contributed by atoms with Crippen molar-refractivity contribution in [1.82, 2.24) is 5.32 Å². The van der Waals surface area contributed by atoms with E-state index < -0.39 is 0 Å². The first-order chi connectivity index (χ1) is 7.84. The monoisotopic (exact) mass is 227 g/mol. The number of aliphatic hydroxyl groups is 1. The van der Waals surface area contributed by atoms with Gasteiger partial charge in [-0.1, -0.05) is 12.8 Å². The zero-order valence-electron chi connectivity index (χ0n) is 10.2. The molecule has 0 heterocycles. The maximum absolute atomic E-state index is 9.62. The van der Waals surface area contributed by atoms with Gasteiger partial charge in [-0.05, 0) is 44.1 Å². The summed E-state index contributed by atoms with van der Waals surface area (Å²) in [5, 5.41) is 12.9. The summed E-state index contributed by atoms with van der Waals surface area (Å²) in [6, 6.07) is 0. The van der Waals surface area contributed by atoms with Gasteiger partial charge in [0.25, 0.3) is 0 Å². The molecular formula is C13H25NO2. The van der Waals surface area contributed by atoms with Crippen LogP contribution in [0.15, 0.2) is 0 Å². The number of hydrogen-bond donors (Lipinski definition) is 2. The van der Waals surface area contributed by atoms with Crippen molar-refractivity contribution in [2.75, 3.05) is 26.3 Å². The topological polar surface area (TPSA) is 41.5 Å². The van der Waals surface area contributed by atoms with E-state index >= 15 is 0 Å². The molecule has 2 aliphatic carbocycles. The highest BCUT2D eigenvalue weighted by Crippen LogP contribution is 2.33. The highest BCUT2D eigenvalue weighted by Gasteiger charge is 2.21. The number of hydrogen-bond acceptors (Lipinski definition) is 3. The molecule has 0 aromatic carbocycles. The Morgan fingerprint density at radius 1 is 1.19 bits per heavy atom. The normalized spacial score (nSPS) is 22.3. The van der Waals surface area contributed by atoms with Crippen molar-refractivity contribution in [3.05, 3.63) is 0 Å². The van der Waals surface area contributed by atoms with E-state index in [1.807, 2.05) is 0 Å². The highest BCUT2D eigenvalue weighted by atomic mass is 16.5. The molecule has 1 unspecified atom stereocenters. The quantitative estimate of drug-likeness (QED) is 0.556. The van der Waals surface area contributed by atoms with E-state index in [2.05, 4.69) is 5.32 Å². The average molecular weight is 227 g/mol. The van der Waals surface area contributed by atoms with Gasteiger partial charge in [0.2, 0.25) is 0 Å². The van der Waals surface area contributed by atoms with Crippen LogP contribution in [0, 0.1) is 11.8 Å². The third kappa shape index (κ3) is 5.83.